The number of nitrogens with one attached hydrogen (secondary N) is 2. The number of methoxy groups -OCH3 is 1. The van der Waals surface area contributed by atoms with Crippen LogP contribution in [-0.2, 0) is 11.3 Å². The molecule has 1 aromatic rings. The summed E-state index contributed by atoms with van der Waals surface area (Å²) in [6.45, 7) is 7.53. The lowest BCUT2D eigenvalue weighted by atomic mass is 10.1. The predicted octanol–water partition coefficient (Wildman–Crippen LogP) is 2.77. The normalized spacial score (nSPS) is 14.5. The fourth-order valence-corrected chi connectivity index (χ4v) is 2.29. The molecular weight excluding hydrogens is 415 g/mol. The Kier molecular flexibility index (Phi) is 8.55. The van der Waals surface area contributed by atoms with Gasteiger partial charge in [-0.3, -0.25) is 4.99 Å². The summed E-state index contributed by atoms with van der Waals surface area (Å²) in [4.78, 5) is 6.58. The van der Waals surface area contributed by atoms with Gasteiger partial charge in [-0.2, -0.15) is 0 Å². The second-order valence-electron chi connectivity index (χ2n) is 6.29. The lowest BCUT2D eigenvalue weighted by Gasteiger charge is -2.24. The molecule has 1 aromatic carbocycles. The fraction of sp³-hybridized carbons (Fsp3) is 0.500. The van der Waals surface area contributed by atoms with E-state index in [9.17, 15) is 0 Å². The SMILES string of the molecule is CN=C(NCc1ccc(N2CC=CC2)cc1)NCC(C)(C)OC.I. The van der Waals surface area contributed by atoms with Crippen molar-refractivity contribution < 1.29 is 4.74 Å². The van der Waals surface area contributed by atoms with E-state index >= 15 is 0 Å². The Morgan fingerprint density at radius 1 is 1.17 bits per heavy atom. The molecule has 0 fully saturated rings. The van der Waals surface area contributed by atoms with Crippen LogP contribution < -0.4 is 15.5 Å². The van der Waals surface area contributed by atoms with E-state index in [2.05, 4.69) is 56.9 Å². The minimum atomic E-state index is -0.219. The molecular formula is C18H29IN4O. The summed E-state index contributed by atoms with van der Waals surface area (Å²) in [7, 11) is 3.49. The minimum absolute atomic E-state index is 0. The summed E-state index contributed by atoms with van der Waals surface area (Å²) < 4.78 is 5.40. The van der Waals surface area contributed by atoms with Gasteiger partial charge in [-0.05, 0) is 31.5 Å². The highest BCUT2D eigenvalue weighted by Gasteiger charge is 2.16. The van der Waals surface area contributed by atoms with Crippen LogP contribution in [0.3, 0.4) is 0 Å². The largest absolute Gasteiger partial charge is 0.377 e. The zero-order valence-corrected chi connectivity index (χ0v) is 17.3. The number of guanidine groups is 1. The van der Waals surface area contributed by atoms with Crippen molar-refractivity contribution in [2.24, 2.45) is 4.99 Å². The van der Waals surface area contributed by atoms with E-state index in [1.807, 2.05) is 13.8 Å². The Hall–Kier alpha value is -1.28. The van der Waals surface area contributed by atoms with Crippen molar-refractivity contribution in [1.82, 2.24) is 10.6 Å². The van der Waals surface area contributed by atoms with Crippen molar-refractivity contribution in [1.29, 1.82) is 0 Å². The Morgan fingerprint density at radius 3 is 2.33 bits per heavy atom. The number of hydrogen-bond donors (Lipinski definition) is 2. The zero-order chi connectivity index (χ0) is 16.7. The molecule has 0 amide bonds. The Labute approximate surface area is 162 Å². The second-order valence-corrected chi connectivity index (χ2v) is 6.29. The second kappa shape index (κ2) is 9.88. The van der Waals surface area contributed by atoms with Crippen LogP contribution in [0.5, 0.6) is 0 Å². The van der Waals surface area contributed by atoms with Crippen LogP contribution >= 0.6 is 24.0 Å². The Bertz CT molecular complexity index is 547. The van der Waals surface area contributed by atoms with E-state index in [0.29, 0.717) is 6.54 Å². The monoisotopic (exact) mass is 444 g/mol. The lowest BCUT2D eigenvalue weighted by molar-refractivity contribution is 0.0268. The summed E-state index contributed by atoms with van der Waals surface area (Å²) in [5.74, 6) is 0.781. The van der Waals surface area contributed by atoms with Crippen LogP contribution in [0.25, 0.3) is 0 Å². The number of nitrogens with zero attached hydrogens (tertiary/aromatic N) is 2. The molecule has 6 heteroatoms. The molecule has 0 atom stereocenters. The first-order valence-corrected chi connectivity index (χ1v) is 8.02. The average Bonchev–Trinajstić information content (AvgIpc) is 3.10. The third kappa shape index (κ3) is 6.32. The molecule has 0 bridgehead atoms. The standard InChI is InChI=1S/C18H28N4O.HI/c1-18(2,23-4)14-21-17(19-3)20-13-15-7-9-16(10-8-15)22-11-5-6-12-22;/h5-10H,11-14H2,1-4H3,(H2,19,20,21);1H. The topological polar surface area (TPSA) is 48.9 Å². The van der Waals surface area contributed by atoms with E-state index in [1.165, 1.54) is 11.3 Å². The highest BCUT2D eigenvalue weighted by molar-refractivity contribution is 14.0. The number of anilines is 1. The van der Waals surface area contributed by atoms with Gasteiger partial charge in [0.15, 0.2) is 5.96 Å². The van der Waals surface area contributed by atoms with E-state index < -0.39 is 0 Å². The molecule has 2 rings (SSSR count). The number of halogens is 1. The fourth-order valence-electron chi connectivity index (χ4n) is 2.29. The van der Waals surface area contributed by atoms with Gasteiger partial charge in [0.25, 0.3) is 0 Å². The van der Waals surface area contributed by atoms with E-state index in [1.54, 1.807) is 14.2 Å². The van der Waals surface area contributed by atoms with Gasteiger partial charge in [0.1, 0.15) is 0 Å². The maximum absolute atomic E-state index is 5.40. The molecule has 1 aliphatic rings. The van der Waals surface area contributed by atoms with Gasteiger partial charge in [-0.1, -0.05) is 24.3 Å². The Balaban J connectivity index is 0.00000288. The maximum atomic E-state index is 5.40. The molecule has 1 heterocycles. The zero-order valence-electron chi connectivity index (χ0n) is 15.0. The maximum Gasteiger partial charge on any atom is 0.191 e. The predicted molar refractivity (Wildman–Crippen MR) is 112 cm³/mol. The van der Waals surface area contributed by atoms with Gasteiger partial charge in [-0.15, -0.1) is 24.0 Å². The number of rotatable bonds is 6. The summed E-state index contributed by atoms with van der Waals surface area (Å²) in [6.07, 6.45) is 4.40. The first kappa shape index (κ1) is 20.8. The van der Waals surface area contributed by atoms with E-state index in [0.717, 1.165) is 25.6 Å². The minimum Gasteiger partial charge on any atom is -0.377 e. The van der Waals surface area contributed by atoms with Crippen molar-refractivity contribution >= 4 is 35.6 Å². The Morgan fingerprint density at radius 2 is 1.79 bits per heavy atom. The van der Waals surface area contributed by atoms with Gasteiger partial charge in [0, 0.05) is 46.0 Å². The van der Waals surface area contributed by atoms with Crippen LogP contribution in [-0.4, -0.2) is 45.4 Å². The van der Waals surface area contributed by atoms with Crippen LogP contribution in [0.2, 0.25) is 0 Å². The molecule has 0 saturated carbocycles. The molecule has 2 N–H and O–H groups in total. The summed E-state index contributed by atoms with van der Waals surface area (Å²) >= 11 is 0. The molecule has 134 valence electrons. The summed E-state index contributed by atoms with van der Waals surface area (Å²) in [5.41, 5.74) is 2.28. The van der Waals surface area contributed by atoms with Crippen LogP contribution in [0.15, 0.2) is 41.4 Å². The average molecular weight is 444 g/mol. The first-order chi connectivity index (χ1) is 11.0. The van der Waals surface area contributed by atoms with Crippen molar-refractivity contribution in [2.75, 3.05) is 38.7 Å². The van der Waals surface area contributed by atoms with Crippen molar-refractivity contribution in [3.63, 3.8) is 0 Å². The van der Waals surface area contributed by atoms with Crippen LogP contribution in [0.1, 0.15) is 19.4 Å². The quantitative estimate of drug-likeness (QED) is 0.307. The highest BCUT2D eigenvalue weighted by atomic mass is 127. The number of hydrogen-bond acceptors (Lipinski definition) is 3. The molecule has 0 spiro atoms. The third-order valence-electron chi connectivity index (χ3n) is 4.04. The van der Waals surface area contributed by atoms with Gasteiger partial charge < -0.3 is 20.3 Å². The number of benzene rings is 1. The molecule has 0 radical (unpaired) electrons. The van der Waals surface area contributed by atoms with Crippen molar-refractivity contribution in [3.8, 4) is 0 Å². The van der Waals surface area contributed by atoms with Crippen molar-refractivity contribution in [3.05, 3.63) is 42.0 Å². The van der Waals surface area contributed by atoms with Gasteiger partial charge in [0.05, 0.1) is 5.60 Å². The molecule has 5 nitrogen and oxygen atoms in total. The van der Waals surface area contributed by atoms with E-state index in [-0.39, 0.29) is 29.6 Å². The van der Waals surface area contributed by atoms with E-state index in [4.69, 9.17) is 4.74 Å². The van der Waals surface area contributed by atoms with Crippen LogP contribution in [0.4, 0.5) is 5.69 Å². The van der Waals surface area contributed by atoms with Gasteiger partial charge in [-0.25, -0.2) is 0 Å². The third-order valence-corrected chi connectivity index (χ3v) is 4.04. The molecule has 24 heavy (non-hydrogen) atoms. The molecule has 0 unspecified atom stereocenters. The van der Waals surface area contributed by atoms with Crippen LogP contribution in [0, 0.1) is 0 Å². The van der Waals surface area contributed by atoms with Gasteiger partial charge in [0.2, 0.25) is 0 Å². The molecule has 0 aromatic heterocycles. The molecule has 0 saturated heterocycles. The summed E-state index contributed by atoms with van der Waals surface area (Å²) in [6, 6.07) is 8.67. The smallest absolute Gasteiger partial charge is 0.191 e. The lowest BCUT2D eigenvalue weighted by Crippen LogP contribution is -2.45. The number of ether oxygens (including phenoxy) is 1. The molecule has 0 aliphatic carbocycles. The summed E-state index contributed by atoms with van der Waals surface area (Å²) in [5, 5.41) is 6.61. The number of aliphatic imine (C=N–C) groups is 1. The molecule has 1 aliphatic heterocycles. The van der Waals surface area contributed by atoms with Gasteiger partial charge >= 0.3 is 0 Å². The first-order valence-electron chi connectivity index (χ1n) is 8.02. The van der Waals surface area contributed by atoms with Crippen molar-refractivity contribution in [2.45, 2.75) is 26.0 Å². The highest BCUT2D eigenvalue weighted by Crippen LogP contribution is 2.17.